The summed E-state index contributed by atoms with van der Waals surface area (Å²) in [5.74, 6) is -1.20. The summed E-state index contributed by atoms with van der Waals surface area (Å²) >= 11 is 5.99. The van der Waals surface area contributed by atoms with Crippen molar-refractivity contribution in [3.8, 4) is 0 Å². The molecule has 1 aromatic rings. The Bertz CT molecular complexity index is 478. The van der Waals surface area contributed by atoms with Crippen LogP contribution in [0.4, 0.5) is 0 Å². The second-order valence-corrected chi connectivity index (χ2v) is 4.79. The molecular formula is C14H18ClNO4. The molecule has 1 rings (SSSR count). The first-order chi connectivity index (χ1) is 9.51. The fraction of sp³-hybridized carbons (Fsp3) is 0.429. The Kier molecular flexibility index (Phi) is 6.48. The van der Waals surface area contributed by atoms with Crippen LogP contribution >= 0.6 is 11.6 Å². The fourth-order valence-corrected chi connectivity index (χ4v) is 2.02. The van der Waals surface area contributed by atoms with Crippen molar-refractivity contribution in [3.63, 3.8) is 0 Å². The summed E-state index contributed by atoms with van der Waals surface area (Å²) in [6, 6.07) is 6.67. The lowest BCUT2D eigenvalue weighted by atomic mass is 10.1. The molecule has 0 aromatic heterocycles. The third kappa shape index (κ3) is 4.21. The molecule has 0 radical (unpaired) electrons. The molecular weight excluding hydrogens is 282 g/mol. The summed E-state index contributed by atoms with van der Waals surface area (Å²) in [7, 11) is 1.30. The molecule has 1 unspecified atom stereocenters. The highest BCUT2D eigenvalue weighted by atomic mass is 35.5. The van der Waals surface area contributed by atoms with Gasteiger partial charge in [-0.25, -0.2) is 0 Å². The predicted molar refractivity (Wildman–Crippen MR) is 75.6 cm³/mol. The van der Waals surface area contributed by atoms with Crippen molar-refractivity contribution in [2.75, 3.05) is 26.8 Å². The first-order valence-corrected chi connectivity index (χ1v) is 6.61. The standard InChI is InChI=1S/C14H18ClNO4/c1-10(14(19)20-2)9-16(7-8-17)13(18)11-5-3-4-6-12(11)15/h3-6,10,17H,7-9H2,1-2H3. The van der Waals surface area contributed by atoms with Gasteiger partial charge in [0.05, 0.1) is 30.2 Å². The number of ether oxygens (including phenoxy) is 1. The molecule has 0 bridgehead atoms. The molecule has 0 heterocycles. The van der Waals surface area contributed by atoms with Gasteiger partial charge >= 0.3 is 5.97 Å². The van der Waals surface area contributed by atoms with E-state index in [1.54, 1.807) is 31.2 Å². The van der Waals surface area contributed by atoms with Crippen LogP contribution in [0, 0.1) is 5.92 Å². The van der Waals surface area contributed by atoms with Crippen LogP contribution in [-0.4, -0.2) is 48.7 Å². The minimum absolute atomic E-state index is 0.130. The minimum atomic E-state index is -0.474. The number of benzene rings is 1. The molecule has 1 atom stereocenters. The van der Waals surface area contributed by atoms with Crippen molar-refractivity contribution < 1.29 is 19.4 Å². The quantitative estimate of drug-likeness (QED) is 0.810. The third-order valence-corrected chi connectivity index (χ3v) is 3.19. The van der Waals surface area contributed by atoms with Crippen molar-refractivity contribution in [1.82, 2.24) is 4.90 Å². The van der Waals surface area contributed by atoms with Gasteiger partial charge in [-0.3, -0.25) is 9.59 Å². The van der Waals surface area contributed by atoms with Gasteiger partial charge in [0, 0.05) is 13.1 Å². The Hall–Kier alpha value is -1.59. The maximum absolute atomic E-state index is 12.4. The number of esters is 1. The van der Waals surface area contributed by atoms with Crippen LogP contribution in [0.3, 0.4) is 0 Å². The first kappa shape index (κ1) is 16.5. The second kappa shape index (κ2) is 7.87. The molecule has 0 aliphatic carbocycles. The van der Waals surface area contributed by atoms with E-state index in [0.29, 0.717) is 10.6 Å². The first-order valence-electron chi connectivity index (χ1n) is 6.23. The van der Waals surface area contributed by atoms with Crippen LogP contribution in [0.2, 0.25) is 5.02 Å². The summed E-state index contributed by atoms with van der Waals surface area (Å²) in [6.07, 6.45) is 0. The van der Waals surface area contributed by atoms with E-state index >= 15 is 0 Å². The zero-order valence-corrected chi connectivity index (χ0v) is 12.3. The van der Waals surface area contributed by atoms with E-state index in [2.05, 4.69) is 4.74 Å². The van der Waals surface area contributed by atoms with E-state index in [4.69, 9.17) is 16.7 Å². The Morgan fingerprint density at radius 1 is 1.40 bits per heavy atom. The third-order valence-electron chi connectivity index (χ3n) is 2.86. The highest BCUT2D eigenvalue weighted by Gasteiger charge is 2.23. The predicted octanol–water partition coefficient (Wildman–Crippen LogP) is 1.58. The van der Waals surface area contributed by atoms with Crippen LogP contribution in [0.5, 0.6) is 0 Å². The van der Waals surface area contributed by atoms with Crippen molar-refractivity contribution in [3.05, 3.63) is 34.9 Å². The average Bonchev–Trinajstić information content (AvgIpc) is 2.45. The second-order valence-electron chi connectivity index (χ2n) is 4.38. The Morgan fingerprint density at radius 3 is 2.60 bits per heavy atom. The molecule has 0 fully saturated rings. The van der Waals surface area contributed by atoms with Crippen LogP contribution in [0.1, 0.15) is 17.3 Å². The molecule has 1 amide bonds. The van der Waals surface area contributed by atoms with Crippen molar-refractivity contribution >= 4 is 23.5 Å². The maximum Gasteiger partial charge on any atom is 0.310 e. The highest BCUT2D eigenvalue weighted by molar-refractivity contribution is 6.33. The lowest BCUT2D eigenvalue weighted by Crippen LogP contribution is -2.39. The zero-order chi connectivity index (χ0) is 15.1. The smallest absolute Gasteiger partial charge is 0.310 e. The van der Waals surface area contributed by atoms with Gasteiger partial charge in [-0.2, -0.15) is 0 Å². The molecule has 5 nitrogen and oxygen atoms in total. The lowest BCUT2D eigenvalue weighted by Gasteiger charge is -2.24. The van der Waals surface area contributed by atoms with Gasteiger partial charge in [-0.05, 0) is 12.1 Å². The number of nitrogens with zero attached hydrogens (tertiary/aromatic N) is 1. The molecule has 0 saturated heterocycles. The molecule has 110 valence electrons. The summed E-state index contributed by atoms with van der Waals surface area (Å²) in [4.78, 5) is 25.2. The molecule has 6 heteroatoms. The normalized spacial score (nSPS) is 11.8. The van der Waals surface area contributed by atoms with Gasteiger partial charge in [0.2, 0.25) is 0 Å². The number of aliphatic hydroxyl groups is 1. The topological polar surface area (TPSA) is 66.8 Å². The van der Waals surface area contributed by atoms with Gasteiger partial charge in [0.1, 0.15) is 0 Å². The number of carbonyl (C=O) groups excluding carboxylic acids is 2. The van der Waals surface area contributed by atoms with Gasteiger partial charge in [0.15, 0.2) is 0 Å². The summed E-state index contributed by atoms with van der Waals surface area (Å²) < 4.78 is 4.63. The zero-order valence-electron chi connectivity index (χ0n) is 11.5. The number of methoxy groups -OCH3 is 1. The lowest BCUT2D eigenvalue weighted by molar-refractivity contribution is -0.145. The molecule has 1 N–H and O–H groups in total. The summed E-state index contributed by atoms with van der Waals surface area (Å²) in [6.45, 7) is 1.77. The highest BCUT2D eigenvalue weighted by Crippen LogP contribution is 2.18. The monoisotopic (exact) mass is 299 g/mol. The van der Waals surface area contributed by atoms with Crippen LogP contribution in [0.25, 0.3) is 0 Å². The Balaban J connectivity index is 2.88. The van der Waals surface area contributed by atoms with Gasteiger partial charge in [0.25, 0.3) is 5.91 Å². The maximum atomic E-state index is 12.4. The number of hydrogen-bond acceptors (Lipinski definition) is 4. The van der Waals surface area contributed by atoms with Crippen LogP contribution in [0.15, 0.2) is 24.3 Å². The number of amides is 1. The van der Waals surface area contributed by atoms with Crippen LogP contribution in [-0.2, 0) is 9.53 Å². The molecule has 20 heavy (non-hydrogen) atoms. The Morgan fingerprint density at radius 2 is 2.05 bits per heavy atom. The number of halogens is 1. The number of rotatable bonds is 6. The fourth-order valence-electron chi connectivity index (χ4n) is 1.81. The molecule has 0 aliphatic rings. The number of hydrogen-bond donors (Lipinski definition) is 1. The van der Waals surface area contributed by atoms with Crippen LogP contribution < -0.4 is 0 Å². The van der Waals surface area contributed by atoms with E-state index in [0.717, 1.165) is 0 Å². The van der Waals surface area contributed by atoms with Crippen molar-refractivity contribution in [1.29, 1.82) is 0 Å². The van der Waals surface area contributed by atoms with E-state index in [1.807, 2.05) is 0 Å². The average molecular weight is 300 g/mol. The van der Waals surface area contributed by atoms with E-state index < -0.39 is 11.9 Å². The molecule has 0 aliphatic heterocycles. The molecule has 0 spiro atoms. The van der Waals surface area contributed by atoms with E-state index in [9.17, 15) is 9.59 Å². The minimum Gasteiger partial charge on any atom is -0.469 e. The van der Waals surface area contributed by atoms with Crippen molar-refractivity contribution in [2.45, 2.75) is 6.92 Å². The molecule has 1 aromatic carbocycles. The molecule has 0 saturated carbocycles. The van der Waals surface area contributed by atoms with E-state index in [-0.39, 0.29) is 25.6 Å². The summed E-state index contributed by atoms with van der Waals surface area (Å²) in [5.41, 5.74) is 0.347. The number of aliphatic hydroxyl groups excluding tert-OH is 1. The number of carbonyl (C=O) groups is 2. The largest absolute Gasteiger partial charge is 0.469 e. The van der Waals surface area contributed by atoms with E-state index in [1.165, 1.54) is 12.0 Å². The van der Waals surface area contributed by atoms with Crippen molar-refractivity contribution in [2.24, 2.45) is 5.92 Å². The Labute approximate surface area is 123 Å². The van der Waals surface area contributed by atoms with Gasteiger partial charge in [-0.1, -0.05) is 30.7 Å². The summed E-state index contributed by atoms with van der Waals surface area (Å²) in [5, 5.41) is 9.41. The van der Waals surface area contributed by atoms with Gasteiger partial charge in [-0.15, -0.1) is 0 Å². The van der Waals surface area contributed by atoms with Gasteiger partial charge < -0.3 is 14.7 Å². The SMILES string of the molecule is COC(=O)C(C)CN(CCO)C(=O)c1ccccc1Cl.